The molecule has 214 valence electrons. The Morgan fingerprint density at radius 3 is 2.60 bits per heavy atom. The fourth-order valence-corrected chi connectivity index (χ4v) is 5.31. The molecule has 1 aromatic carbocycles. The van der Waals surface area contributed by atoms with Crippen LogP contribution in [0.15, 0.2) is 53.1 Å². The molecule has 2 N–H and O–H groups in total. The van der Waals surface area contributed by atoms with E-state index in [0.29, 0.717) is 12.1 Å². The number of likely N-dealkylation sites (tertiary alicyclic amines) is 1. The summed E-state index contributed by atoms with van der Waals surface area (Å²) < 4.78 is 63.4. The average Bonchev–Trinajstić information content (AvgIpc) is 3.34. The van der Waals surface area contributed by atoms with Crippen molar-refractivity contribution in [2.24, 2.45) is 5.41 Å². The van der Waals surface area contributed by atoms with Crippen molar-refractivity contribution >= 4 is 11.8 Å². The molecule has 2 amide bonds. The number of ether oxygens (including phenoxy) is 1. The van der Waals surface area contributed by atoms with Crippen LogP contribution in [0, 0.1) is 18.2 Å². The summed E-state index contributed by atoms with van der Waals surface area (Å²) in [5.74, 6) is -6.77. The van der Waals surface area contributed by atoms with E-state index in [4.69, 9.17) is 4.74 Å². The number of allylic oxidation sites excluding steroid dienone is 3. The van der Waals surface area contributed by atoms with Gasteiger partial charge in [-0.2, -0.15) is 5.10 Å². The number of aryl methyl sites for hydroxylation is 1. The van der Waals surface area contributed by atoms with Crippen LogP contribution < -0.4 is 15.6 Å². The molecule has 12 heteroatoms. The Morgan fingerprint density at radius 1 is 1.23 bits per heavy atom. The van der Waals surface area contributed by atoms with Gasteiger partial charge >= 0.3 is 5.56 Å². The minimum atomic E-state index is -3.23. The largest absolute Gasteiger partial charge is 0.448 e. The van der Waals surface area contributed by atoms with Crippen molar-refractivity contribution in [2.45, 2.75) is 71.0 Å². The Kier molecular flexibility index (Phi) is 7.91. The van der Waals surface area contributed by atoms with Gasteiger partial charge in [-0.1, -0.05) is 13.0 Å². The SMILES string of the molecule is Cc1cc(Oc2ccc(C(=O)N[C@H](C)C(=O)N3[C@H](C4(C)C=C(F)C=CC4)CC[C@@H]3C(C)(F)F)cc2F)c(=O)[nH]n1. The van der Waals surface area contributed by atoms with E-state index in [-0.39, 0.29) is 29.9 Å². The number of aromatic nitrogens is 2. The lowest BCUT2D eigenvalue weighted by molar-refractivity contribution is -0.147. The zero-order valence-electron chi connectivity index (χ0n) is 22.4. The molecule has 0 spiro atoms. The van der Waals surface area contributed by atoms with Crippen LogP contribution in [0.3, 0.4) is 0 Å². The van der Waals surface area contributed by atoms with Crippen molar-refractivity contribution < 1.29 is 31.9 Å². The predicted octanol–water partition coefficient (Wildman–Crippen LogP) is 4.96. The molecule has 1 aliphatic heterocycles. The van der Waals surface area contributed by atoms with Crippen molar-refractivity contribution in [3.63, 3.8) is 0 Å². The summed E-state index contributed by atoms with van der Waals surface area (Å²) in [6.45, 7) is 5.40. The van der Waals surface area contributed by atoms with Gasteiger partial charge in [-0.25, -0.2) is 22.7 Å². The third-order valence-electron chi connectivity index (χ3n) is 7.32. The highest BCUT2D eigenvalue weighted by molar-refractivity contribution is 5.97. The molecule has 40 heavy (non-hydrogen) atoms. The molecule has 2 aliphatic rings. The Morgan fingerprint density at radius 2 is 1.95 bits per heavy atom. The number of aromatic amines is 1. The normalized spacial score (nSPS) is 23.5. The van der Waals surface area contributed by atoms with Gasteiger partial charge < -0.3 is 15.0 Å². The number of amides is 2. The fourth-order valence-electron chi connectivity index (χ4n) is 5.31. The second-order valence-electron chi connectivity index (χ2n) is 10.6. The van der Waals surface area contributed by atoms with Crippen molar-refractivity contribution in [3.05, 3.63) is 75.7 Å². The van der Waals surface area contributed by atoms with Gasteiger partial charge in [-0.05, 0) is 63.5 Å². The molecule has 1 saturated heterocycles. The summed E-state index contributed by atoms with van der Waals surface area (Å²) in [4.78, 5) is 39.4. The van der Waals surface area contributed by atoms with E-state index in [1.165, 1.54) is 31.2 Å². The lowest BCUT2D eigenvalue weighted by Crippen LogP contribution is -2.58. The molecule has 1 aromatic heterocycles. The number of halogens is 4. The summed E-state index contributed by atoms with van der Waals surface area (Å²) in [6.07, 6.45) is 4.86. The molecule has 1 unspecified atom stereocenters. The lowest BCUT2D eigenvalue weighted by atomic mass is 9.75. The molecule has 8 nitrogen and oxygen atoms in total. The smallest absolute Gasteiger partial charge is 0.307 e. The molecule has 0 saturated carbocycles. The summed E-state index contributed by atoms with van der Waals surface area (Å²) in [7, 11) is 0. The van der Waals surface area contributed by atoms with E-state index in [9.17, 15) is 31.9 Å². The monoisotopic (exact) mass is 562 g/mol. The molecular formula is C28H30F4N4O4. The van der Waals surface area contributed by atoms with Gasteiger partial charge in [0.2, 0.25) is 5.91 Å². The highest BCUT2D eigenvalue weighted by Gasteiger charge is 2.53. The van der Waals surface area contributed by atoms with E-state index in [0.717, 1.165) is 24.0 Å². The molecule has 1 aliphatic carbocycles. The minimum Gasteiger partial charge on any atom is -0.448 e. The quantitative estimate of drug-likeness (QED) is 0.464. The first-order valence-corrected chi connectivity index (χ1v) is 12.8. The van der Waals surface area contributed by atoms with Crippen LogP contribution >= 0.6 is 0 Å². The van der Waals surface area contributed by atoms with Crippen LogP contribution in [0.1, 0.15) is 56.1 Å². The van der Waals surface area contributed by atoms with Crippen LogP contribution in [0.4, 0.5) is 17.6 Å². The maximum Gasteiger partial charge on any atom is 0.307 e. The summed E-state index contributed by atoms with van der Waals surface area (Å²) in [6, 6.07) is 1.17. The average molecular weight is 563 g/mol. The van der Waals surface area contributed by atoms with E-state index < -0.39 is 58.5 Å². The van der Waals surface area contributed by atoms with E-state index in [1.54, 1.807) is 19.9 Å². The molecule has 2 aromatic rings. The Hall–Kier alpha value is -3.96. The number of hydrogen-bond donors (Lipinski definition) is 2. The molecule has 0 radical (unpaired) electrons. The summed E-state index contributed by atoms with van der Waals surface area (Å²) >= 11 is 0. The van der Waals surface area contributed by atoms with Crippen molar-refractivity contribution in [1.29, 1.82) is 0 Å². The molecule has 4 atom stereocenters. The van der Waals surface area contributed by atoms with E-state index >= 15 is 0 Å². The van der Waals surface area contributed by atoms with Crippen LogP contribution in [0.2, 0.25) is 0 Å². The highest BCUT2D eigenvalue weighted by atomic mass is 19.3. The third-order valence-corrected chi connectivity index (χ3v) is 7.32. The predicted molar refractivity (Wildman–Crippen MR) is 138 cm³/mol. The van der Waals surface area contributed by atoms with Gasteiger partial charge in [0.05, 0.1) is 11.7 Å². The van der Waals surface area contributed by atoms with Crippen molar-refractivity contribution in [3.8, 4) is 11.5 Å². The number of carbonyl (C=O) groups excluding carboxylic acids is 2. The second-order valence-corrected chi connectivity index (χ2v) is 10.6. The minimum absolute atomic E-state index is 0.0157. The van der Waals surface area contributed by atoms with E-state index in [2.05, 4.69) is 15.5 Å². The number of hydrogen-bond acceptors (Lipinski definition) is 5. The first-order chi connectivity index (χ1) is 18.7. The van der Waals surface area contributed by atoms with Gasteiger partial charge in [0, 0.05) is 30.0 Å². The first-order valence-electron chi connectivity index (χ1n) is 12.8. The standard InChI is InChI=1S/C28H30F4N4O4/c1-15-12-21(25(38)35-34-15)40-20-8-7-17(13-19(20)30)24(37)33-16(2)26(39)36-22(9-10-23(36)28(4,31)32)27(3)11-5-6-18(29)14-27/h5-8,12-14,16,22-23H,9-11H2,1-4H3,(H,33,37)(H,35,38)/t16-,22+,23-,27?/m1/s1. The van der Waals surface area contributed by atoms with Crippen molar-refractivity contribution in [1.82, 2.24) is 20.4 Å². The van der Waals surface area contributed by atoms with Crippen LogP contribution in [-0.4, -0.2) is 51.0 Å². The fraction of sp³-hybridized carbons (Fsp3) is 0.429. The second kappa shape index (κ2) is 10.9. The van der Waals surface area contributed by atoms with Crippen LogP contribution in [0.5, 0.6) is 11.5 Å². The number of nitrogens with one attached hydrogen (secondary N) is 2. The van der Waals surface area contributed by atoms with Gasteiger partial charge in [-0.15, -0.1) is 0 Å². The number of alkyl halides is 2. The number of carbonyl (C=O) groups is 2. The topological polar surface area (TPSA) is 104 Å². The maximum atomic E-state index is 14.8. The lowest BCUT2D eigenvalue weighted by Gasteiger charge is -2.43. The van der Waals surface area contributed by atoms with Crippen LogP contribution in [0.25, 0.3) is 0 Å². The zero-order valence-corrected chi connectivity index (χ0v) is 22.4. The summed E-state index contributed by atoms with van der Waals surface area (Å²) in [5.41, 5.74) is -1.31. The molecular weight excluding hydrogens is 532 g/mol. The van der Waals surface area contributed by atoms with Gasteiger partial charge in [-0.3, -0.25) is 14.4 Å². The summed E-state index contributed by atoms with van der Waals surface area (Å²) in [5, 5.41) is 8.37. The Labute approximate surface area is 228 Å². The number of benzene rings is 1. The maximum absolute atomic E-state index is 14.8. The Balaban J connectivity index is 1.52. The molecule has 0 bridgehead atoms. The van der Waals surface area contributed by atoms with E-state index in [1.807, 2.05) is 0 Å². The number of rotatable bonds is 7. The van der Waals surface area contributed by atoms with Gasteiger partial charge in [0.1, 0.15) is 11.9 Å². The van der Waals surface area contributed by atoms with Crippen LogP contribution in [-0.2, 0) is 4.79 Å². The number of nitrogens with zero attached hydrogens (tertiary/aromatic N) is 2. The van der Waals surface area contributed by atoms with Gasteiger partial charge in [0.15, 0.2) is 17.3 Å². The highest BCUT2D eigenvalue weighted by Crippen LogP contribution is 2.46. The third kappa shape index (κ3) is 5.95. The molecule has 1 fully saturated rings. The van der Waals surface area contributed by atoms with Gasteiger partial charge in [0.25, 0.3) is 11.8 Å². The zero-order chi connectivity index (χ0) is 29.4. The Bertz CT molecular complexity index is 1430. The molecule has 2 heterocycles. The first kappa shape index (κ1) is 29.0. The van der Waals surface area contributed by atoms with Crippen molar-refractivity contribution in [2.75, 3.05) is 0 Å². The molecule has 4 rings (SSSR count). The number of H-pyrrole nitrogens is 1.